The number of carboxylic acids is 1. The molecule has 1 N–H and O–H groups in total. The van der Waals surface area contributed by atoms with Gasteiger partial charge in [-0.25, -0.2) is 0 Å². The number of hydrogen-bond donors (Lipinski definition) is 1. The second-order valence-corrected chi connectivity index (χ2v) is 5.22. The van der Waals surface area contributed by atoms with Gasteiger partial charge in [-0.05, 0) is 42.3 Å². The molecule has 1 aromatic carbocycles. The molecule has 1 unspecified atom stereocenters. The molecule has 0 saturated heterocycles. The van der Waals surface area contributed by atoms with Gasteiger partial charge in [-0.2, -0.15) is 10.2 Å². The van der Waals surface area contributed by atoms with Gasteiger partial charge in [-0.1, -0.05) is 22.0 Å². The van der Waals surface area contributed by atoms with E-state index in [-0.39, 0.29) is 12.3 Å². The Kier molecular flexibility index (Phi) is 4.27. The first-order chi connectivity index (χ1) is 9.08. The molecule has 1 aromatic heterocycles. The fourth-order valence-corrected chi connectivity index (χ4v) is 2.41. The summed E-state index contributed by atoms with van der Waals surface area (Å²) in [6.45, 7) is 1.97. The van der Waals surface area contributed by atoms with Gasteiger partial charge in [0, 0.05) is 16.6 Å². The fraction of sp³-hybridized carbons (Fsp3) is 0.214. The van der Waals surface area contributed by atoms with Crippen molar-refractivity contribution < 1.29 is 9.90 Å². The number of aliphatic carboxylic acids is 1. The average molecular weight is 321 g/mol. The van der Waals surface area contributed by atoms with Gasteiger partial charge in [0.2, 0.25) is 0 Å². The number of aromatic nitrogens is 2. The molecular weight excluding hydrogens is 308 g/mol. The van der Waals surface area contributed by atoms with Crippen molar-refractivity contribution in [2.75, 3.05) is 0 Å². The lowest BCUT2D eigenvalue weighted by atomic mass is 9.89. The zero-order chi connectivity index (χ0) is 13.8. The number of nitrogens with zero attached hydrogens (tertiary/aromatic N) is 2. The number of aryl methyl sites for hydroxylation is 1. The minimum absolute atomic E-state index is 0.00398. The van der Waals surface area contributed by atoms with Crippen LogP contribution in [0.5, 0.6) is 0 Å². The van der Waals surface area contributed by atoms with E-state index in [0.29, 0.717) is 5.69 Å². The van der Waals surface area contributed by atoms with Crippen molar-refractivity contribution in [2.24, 2.45) is 0 Å². The number of hydrogen-bond acceptors (Lipinski definition) is 3. The third-order valence-corrected chi connectivity index (χ3v) is 3.44. The van der Waals surface area contributed by atoms with Crippen LogP contribution in [0.4, 0.5) is 0 Å². The smallest absolute Gasteiger partial charge is 0.304 e. The Morgan fingerprint density at radius 2 is 2.21 bits per heavy atom. The summed E-state index contributed by atoms with van der Waals surface area (Å²) >= 11 is 3.42. The van der Waals surface area contributed by atoms with E-state index in [0.717, 1.165) is 15.6 Å². The molecule has 0 radical (unpaired) electrons. The number of carbonyl (C=O) groups is 1. The van der Waals surface area contributed by atoms with Crippen LogP contribution in [0.15, 0.2) is 41.0 Å². The van der Waals surface area contributed by atoms with Crippen molar-refractivity contribution in [1.29, 1.82) is 0 Å². The predicted octanol–water partition coefficient (Wildman–Crippen LogP) is 3.15. The standard InChI is InChI=1S/C14H13BrN2O2/c1-9-4-5-10(15)7-11(9)12(8-14(18)19)13-3-2-6-16-17-13/h2-7,12H,8H2,1H3,(H,18,19). The van der Waals surface area contributed by atoms with Crippen molar-refractivity contribution in [3.63, 3.8) is 0 Å². The highest BCUT2D eigenvalue weighted by atomic mass is 79.9. The molecule has 0 fully saturated rings. The van der Waals surface area contributed by atoms with Crippen molar-refractivity contribution in [1.82, 2.24) is 10.2 Å². The fourth-order valence-electron chi connectivity index (χ4n) is 2.03. The Bertz CT molecular complexity index is 587. The largest absolute Gasteiger partial charge is 0.481 e. The van der Waals surface area contributed by atoms with Gasteiger partial charge in [0.15, 0.2) is 0 Å². The summed E-state index contributed by atoms with van der Waals surface area (Å²) in [5.41, 5.74) is 2.67. The summed E-state index contributed by atoms with van der Waals surface area (Å²) in [5.74, 6) is -1.14. The van der Waals surface area contributed by atoms with Gasteiger partial charge in [0.25, 0.3) is 0 Å². The Labute approximate surface area is 119 Å². The molecule has 4 nitrogen and oxygen atoms in total. The van der Waals surface area contributed by atoms with E-state index in [2.05, 4.69) is 26.1 Å². The van der Waals surface area contributed by atoms with Crippen molar-refractivity contribution in [3.8, 4) is 0 Å². The highest BCUT2D eigenvalue weighted by Crippen LogP contribution is 2.30. The van der Waals surface area contributed by atoms with Crippen LogP contribution in [0.1, 0.15) is 29.2 Å². The van der Waals surface area contributed by atoms with Crippen LogP contribution >= 0.6 is 15.9 Å². The molecule has 1 atom stereocenters. The Morgan fingerprint density at radius 3 is 2.84 bits per heavy atom. The van der Waals surface area contributed by atoms with E-state index >= 15 is 0 Å². The number of benzene rings is 1. The Hall–Kier alpha value is -1.75. The van der Waals surface area contributed by atoms with E-state index in [4.69, 9.17) is 5.11 Å². The topological polar surface area (TPSA) is 63.1 Å². The molecule has 0 aliphatic rings. The number of rotatable bonds is 4. The van der Waals surface area contributed by atoms with Gasteiger partial charge in [-0.3, -0.25) is 4.79 Å². The minimum atomic E-state index is -0.852. The van der Waals surface area contributed by atoms with E-state index in [9.17, 15) is 4.79 Å². The third kappa shape index (κ3) is 3.38. The van der Waals surface area contributed by atoms with Crippen LogP contribution in [-0.4, -0.2) is 21.3 Å². The zero-order valence-electron chi connectivity index (χ0n) is 10.4. The first-order valence-electron chi connectivity index (χ1n) is 5.83. The summed E-state index contributed by atoms with van der Waals surface area (Å²) in [6, 6.07) is 9.42. The molecule has 5 heteroatoms. The molecule has 0 spiro atoms. The molecule has 19 heavy (non-hydrogen) atoms. The summed E-state index contributed by atoms with van der Waals surface area (Å²) in [7, 11) is 0. The summed E-state index contributed by atoms with van der Waals surface area (Å²) < 4.78 is 0.923. The lowest BCUT2D eigenvalue weighted by molar-refractivity contribution is -0.137. The molecule has 0 saturated carbocycles. The Balaban J connectivity index is 2.48. The normalized spacial score (nSPS) is 12.1. The van der Waals surface area contributed by atoms with E-state index in [1.54, 1.807) is 18.3 Å². The molecular formula is C14H13BrN2O2. The molecule has 2 aromatic rings. The highest BCUT2D eigenvalue weighted by molar-refractivity contribution is 9.10. The molecule has 98 valence electrons. The Morgan fingerprint density at radius 1 is 1.42 bits per heavy atom. The number of halogens is 1. The maximum absolute atomic E-state index is 11.1. The van der Waals surface area contributed by atoms with Gasteiger partial charge >= 0.3 is 5.97 Å². The summed E-state index contributed by atoms with van der Waals surface area (Å²) in [4.78, 5) is 11.1. The van der Waals surface area contributed by atoms with Crippen molar-refractivity contribution in [3.05, 3.63) is 57.8 Å². The van der Waals surface area contributed by atoms with Gasteiger partial charge in [0.05, 0.1) is 12.1 Å². The van der Waals surface area contributed by atoms with Crippen LogP contribution < -0.4 is 0 Å². The van der Waals surface area contributed by atoms with Crippen LogP contribution in [0.25, 0.3) is 0 Å². The molecule has 0 amide bonds. The van der Waals surface area contributed by atoms with Crippen LogP contribution in [0, 0.1) is 6.92 Å². The van der Waals surface area contributed by atoms with Gasteiger partial charge in [0.1, 0.15) is 0 Å². The highest BCUT2D eigenvalue weighted by Gasteiger charge is 2.21. The van der Waals surface area contributed by atoms with E-state index in [1.807, 2.05) is 25.1 Å². The molecule has 0 aliphatic heterocycles. The van der Waals surface area contributed by atoms with E-state index < -0.39 is 5.97 Å². The maximum atomic E-state index is 11.1. The van der Waals surface area contributed by atoms with Gasteiger partial charge in [-0.15, -0.1) is 0 Å². The second kappa shape index (κ2) is 5.93. The van der Waals surface area contributed by atoms with Crippen LogP contribution in [-0.2, 0) is 4.79 Å². The third-order valence-electron chi connectivity index (χ3n) is 2.95. The monoisotopic (exact) mass is 320 g/mol. The lowest BCUT2D eigenvalue weighted by Crippen LogP contribution is -2.11. The first-order valence-corrected chi connectivity index (χ1v) is 6.62. The van der Waals surface area contributed by atoms with Crippen LogP contribution in [0.3, 0.4) is 0 Å². The van der Waals surface area contributed by atoms with Gasteiger partial charge < -0.3 is 5.11 Å². The van der Waals surface area contributed by atoms with E-state index in [1.165, 1.54) is 0 Å². The predicted molar refractivity (Wildman–Crippen MR) is 75.0 cm³/mol. The SMILES string of the molecule is Cc1ccc(Br)cc1C(CC(=O)O)c1cccnn1. The molecule has 0 bridgehead atoms. The van der Waals surface area contributed by atoms with Crippen molar-refractivity contribution >= 4 is 21.9 Å². The number of carboxylic acid groups (broad SMARTS) is 1. The maximum Gasteiger partial charge on any atom is 0.304 e. The second-order valence-electron chi connectivity index (χ2n) is 4.30. The van der Waals surface area contributed by atoms with Crippen molar-refractivity contribution in [2.45, 2.75) is 19.3 Å². The summed E-state index contributed by atoms with van der Waals surface area (Å²) in [6.07, 6.45) is 1.57. The first kappa shape index (κ1) is 13.7. The minimum Gasteiger partial charge on any atom is -0.481 e. The quantitative estimate of drug-likeness (QED) is 0.939. The zero-order valence-corrected chi connectivity index (χ0v) is 12.0. The summed E-state index contributed by atoms with van der Waals surface area (Å²) in [5, 5.41) is 17.0. The molecule has 0 aliphatic carbocycles. The molecule has 1 heterocycles. The average Bonchev–Trinajstić information content (AvgIpc) is 2.40. The molecule has 2 rings (SSSR count). The lowest BCUT2D eigenvalue weighted by Gasteiger charge is -2.17. The van der Waals surface area contributed by atoms with Crippen LogP contribution in [0.2, 0.25) is 0 Å².